The first kappa shape index (κ1) is 10.5. The van der Waals surface area contributed by atoms with Crippen molar-refractivity contribution in [3.8, 4) is 9.75 Å². The number of thiazole rings is 1. The van der Waals surface area contributed by atoms with E-state index in [1.165, 1.54) is 18.4 Å². The van der Waals surface area contributed by atoms with Gasteiger partial charge in [0.15, 0.2) is 3.95 Å². The van der Waals surface area contributed by atoms with Crippen molar-refractivity contribution in [3.63, 3.8) is 0 Å². The van der Waals surface area contributed by atoms with Gasteiger partial charge in [0.1, 0.15) is 5.69 Å². The van der Waals surface area contributed by atoms with Gasteiger partial charge in [-0.05, 0) is 23.7 Å². The minimum Gasteiger partial charge on any atom is -0.464 e. The van der Waals surface area contributed by atoms with Gasteiger partial charge < -0.3 is 9.72 Å². The average Bonchev–Trinajstić information content (AvgIpc) is 2.84. The van der Waals surface area contributed by atoms with Crippen molar-refractivity contribution >= 4 is 40.9 Å². The van der Waals surface area contributed by atoms with Crippen molar-refractivity contribution in [2.75, 3.05) is 7.11 Å². The van der Waals surface area contributed by atoms with Crippen LogP contribution in [0.25, 0.3) is 9.75 Å². The van der Waals surface area contributed by atoms with E-state index >= 15 is 0 Å². The standard InChI is InChI=1S/C9H7NO2S3/c1-12-8(11)6-7(15-9(13)10-6)5-3-2-4-14-5/h2-4H,1H3,(H,10,13). The molecule has 0 saturated carbocycles. The molecule has 3 nitrogen and oxygen atoms in total. The highest BCUT2D eigenvalue weighted by molar-refractivity contribution is 7.73. The largest absolute Gasteiger partial charge is 0.464 e. The molecule has 0 aliphatic carbocycles. The summed E-state index contributed by atoms with van der Waals surface area (Å²) >= 11 is 7.97. The van der Waals surface area contributed by atoms with Gasteiger partial charge >= 0.3 is 5.97 Å². The molecule has 0 unspecified atom stereocenters. The molecule has 0 aliphatic heterocycles. The number of thiophene rings is 1. The summed E-state index contributed by atoms with van der Waals surface area (Å²) in [5, 5.41) is 1.96. The van der Waals surface area contributed by atoms with E-state index in [9.17, 15) is 4.79 Å². The third kappa shape index (κ3) is 2.01. The number of carbonyl (C=O) groups excluding carboxylic acids is 1. The Bertz CT molecular complexity index is 524. The van der Waals surface area contributed by atoms with Crippen LogP contribution in [0.15, 0.2) is 17.5 Å². The van der Waals surface area contributed by atoms with Gasteiger partial charge in [-0.2, -0.15) is 0 Å². The van der Waals surface area contributed by atoms with Crippen LogP contribution in [0.4, 0.5) is 0 Å². The first-order valence-electron chi connectivity index (χ1n) is 4.07. The van der Waals surface area contributed by atoms with E-state index in [1.807, 2.05) is 17.5 Å². The summed E-state index contributed by atoms with van der Waals surface area (Å²) in [4.78, 5) is 16.2. The molecule has 0 aliphatic rings. The highest BCUT2D eigenvalue weighted by Gasteiger charge is 2.17. The van der Waals surface area contributed by atoms with Crippen molar-refractivity contribution in [3.05, 3.63) is 27.2 Å². The lowest BCUT2D eigenvalue weighted by atomic mass is 10.3. The van der Waals surface area contributed by atoms with E-state index in [-0.39, 0.29) is 5.97 Å². The zero-order valence-corrected chi connectivity index (χ0v) is 10.2. The van der Waals surface area contributed by atoms with E-state index in [0.717, 1.165) is 9.75 Å². The Balaban J connectivity index is 2.57. The lowest BCUT2D eigenvalue weighted by molar-refractivity contribution is 0.0596. The van der Waals surface area contributed by atoms with Gasteiger partial charge in [-0.1, -0.05) is 6.07 Å². The zero-order chi connectivity index (χ0) is 10.8. The smallest absolute Gasteiger partial charge is 0.356 e. The predicted molar refractivity (Wildman–Crippen MR) is 64.2 cm³/mol. The highest BCUT2D eigenvalue weighted by atomic mass is 32.1. The SMILES string of the molecule is COC(=O)c1[nH]c(=S)sc1-c1cccs1. The number of carbonyl (C=O) groups is 1. The summed E-state index contributed by atoms with van der Waals surface area (Å²) in [5.41, 5.74) is 0.440. The van der Waals surface area contributed by atoms with E-state index in [0.29, 0.717) is 9.65 Å². The molecule has 0 atom stereocenters. The van der Waals surface area contributed by atoms with Crippen molar-refractivity contribution < 1.29 is 9.53 Å². The monoisotopic (exact) mass is 257 g/mol. The first-order chi connectivity index (χ1) is 7.22. The molecule has 0 fully saturated rings. The molecule has 2 aromatic heterocycles. The van der Waals surface area contributed by atoms with E-state index in [4.69, 9.17) is 12.2 Å². The maximum absolute atomic E-state index is 11.5. The molecule has 78 valence electrons. The molecule has 0 radical (unpaired) electrons. The minimum absolute atomic E-state index is 0.384. The maximum atomic E-state index is 11.5. The fourth-order valence-corrected chi connectivity index (χ4v) is 3.19. The third-order valence-electron chi connectivity index (χ3n) is 1.78. The fourth-order valence-electron chi connectivity index (χ4n) is 1.16. The minimum atomic E-state index is -0.384. The number of aromatic amines is 1. The number of ether oxygens (including phenoxy) is 1. The lowest BCUT2D eigenvalue weighted by Gasteiger charge is -1.97. The second kappa shape index (κ2) is 4.26. The van der Waals surface area contributed by atoms with Gasteiger partial charge in [-0.15, -0.1) is 22.7 Å². The molecule has 1 N–H and O–H groups in total. The molecule has 6 heteroatoms. The van der Waals surface area contributed by atoms with Crippen molar-refractivity contribution in [1.82, 2.24) is 4.98 Å². The molecular formula is C9H7NO2S3. The van der Waals surface area contributed by atoms with E-state index in [1.54, 1.807) is 11.3 Å². The van der Waals surface area contributed by atoms with Crippen LogP contribution in [0, 0.1) is 3.95 Å². The van der Waals surface area contributed by atoms with Crippen LogP contribution in [0.2, 0.25) is 0 Å². The van der Waals surface area contributed by atoms with Gasteiger partial charge in [0, 0.05) is 4.88 Å². The quantitative estimate of drug-likeness (QED) is 0.663. The number of esters is 1. The molecule has 0 saturated heterocycles. The van der Waals surface area contributed by atoms with Gasteiger partial charge in [0.25, 0.3) is 0 Å². The van der Waals surface area contributed by atoms with Crippen molar-refractivity contribution in [1.29, 1.82) is 0 Å². The third-order valence-corrected chi connectivity index (χ3v) is 4.07. The molecule has 15 heavy (non-hydrogen) atoms. The van der Waals surface area contributed by atoms with Crippen molar-refractivity contribution in [2.24, 2.45) is 0 Å². The van der Waals surface area contributed by atoms with Gasteiger partial charge in [-0.25, -0.2) is 4.79 Å². The average molecular weight is 257 g/mol. The number of hydrogen-bond acceptors (Lipinski definition) is 5. The summed E-state index contributed by atoms with van der Waals surface area (Å²) in [5.74, 6) is -0.384. The molecule has 0 bridgehead atoms. The van der Waals surface area contributed by atoms with E-state index in [2.05, 4.69) is 9.72 Å². The Labute approximate surface area is 99.4 Å². The van der Waals surface area contributed by atoms with Crippen LogP contribution < -0.4 is 0 Å². The fraction of sp³-hybridized carbons (Fsp3) is 0.111. The summed E-state index contributed by atoms with van der Waals surface area (Å²) in [6.45, 7) is 0. The summed E-state index contributed by atoms with van der Waals surface area (Å²) < 4.78 is 5.27. The molecule has 0 aromatic carbocycles. The summed E-state index contributed by atoms with van der Waals surface area (Å²) in [6.07, 6.45) is 0. The van der Waals surface area contributed by atoms with Crippen molar-refractivity contribution in [2.45, 2.75) is 0 Å². The molecule has 0 spiro atoms. The number of H-pyrrole nitrogens is 1. The molecule has 2 aromatic rings. The van der Waals surface area contributed by atoms with Gasteiger partial charge in [0.05, 0.1) is 12.0 Å². The molecule has 2 rings (SSSR count). The Morgan fingerprint density at radius 2 is 2.40 bits per heavy atom. The van der Waals surface area contributed by atoms with Crippen LogP contribution in [-0.2, 0) is 4.74 Å². The topological polar surface area (TPSA) is 42.1 Å². The summed E-state index contributed by atoms with van der Waals surface area (Å²) in [7, 11) is 1.36. The van der Waals surface area contributed by atoms with Gasteiger partial charge in [0.2, 0.25) is 0 Å². The number of nitrogens with one attached hydrogen (secondary N) is 1. The van der Waals surface area contributed by atoms with Gasteiger partial charge in [-0.3, -0.25) is 0 Å². The molecule has 2 heterocycles. The highest BCUT2D eigenvalue weighted by Crippen LogP contribution is 2.32. The normalized spacial score (nSPS) is 10.2. The predicted octanol–water partition coefficient (Wildman–Crippen LogP) is 3.32. The Morgan fingerprint density at radius 1 is 1.60 bits per heavy atom. The molecular weight excluding hydrogens is 250 g/mol. The second-order valence-corrected chi connectivity index (χ2v) is 5.32. The number of hydrogen-bond donors (Lipinski definition) is 1. The van der Waals surface area contributed by atoms with Crippen LogP contribution in [-0.4, -0.2) is 18.1 Å². The number of rotatable bonds is 2. The van der Waals surface area contributed by atoms with Crippen LogP contribution in [0.1, 0.15) is 10.5 Å². The number of aromatic nitrogens is 1. The van der Waals surface area contributed by atoms with Crippen LogP contribution in [0.5, 0.6) is 0 Å². The summed E-state index contributed by atoms with van der Waals surface area (Å²) in [6, 6.07) is 3.88. The zero-order valence-electron chi connectivity index (χ0n) is 7.77. The number of methoxy groups -OCH3 is 1. The van der Waals surface area contributed by atoms with Crippen LogP contribution in [0.3, 0.4) is 0 Å². The van der Waals surface area contributed by atoms with Crippen LogP contribution >= 0.6 is 34.9 Å². The first-order valence-corrected chi connectivity index (χ1v) is 6.18. The molecule has 0 amide bonds. The van der Waals surface area contributed by atoms with E-state index < -0.39 is 0 Å². The Kier molecular flexibility index (Phi) is 2.99. The second-order valence-electron chi connectivity index (χ2n) is 2.69. The maximum Gasteiger partial charge on any atom is 0.356 e. The lowest BCUT2D eigenvalue weighted by Crippen LogP contribution is -2.02. The Hall–Kier alpha value is -0.980. The Morgan fingerprint density at radius 3 is 3.00 bits per heavy atom.